The number of thiazole rings is 1. The number of rotatable bonds is 5. The summed E-state index contributed by atoms with van der Waals surface area (Å²) in [5.41, 5.74) is 1.17. The molecule has 2 aromatic rings. The average molecular weight is 305 g/mol. The molecule has 2 amide bonds. The van der Waals surface area contributed by atoms with E-state index in [-0.39, 0.29) is 11.3 Å². The van der Waals surface area contributed by atoms with E-state index < -0.39 is 12.0 Å². The third-order valence-corrected chi connectivity index (χ3v) is 3.60. The Bertz CT molecular complexity index is 641. The third-order valence-electron chi connectivity index (χ3n) is 2.76. The van der Waals surface area contributed by atoms with Crippen molar-refractivity contribution in [2.24, 2.45) is 0 Å². The number of benzene rings is 1. The maximum absolute atomic E-state index is 11.8. The van der Waals surface area contributed by atoms with Crippen LogP contribution < -0.4 is 10.6 Å². The van der Waals surface area contributed by atoms with Crippen molar-refractivity contribution in [2.75, 3.05) is 11.9 Å². The van der Waals surface area contributed by atoms with Crippen molar-refractivity contribution in [3.05, 3.63) is 45.9 Å². The molecule has 6 nitrogen and oxygen atoms in total. The number of carbonyl (C=O) groups is 2. The SMILES string of the molecule is Cc1ccc(NC(=O)NCCc2nccs2)c(C(=O)O)c1. The predicted octanol–water partition coefficient (Wildman–Crippen LogP) is 2.51. The highest BCUT2D eigenvalue weighted by atomic mass is 32.1. The standard InChI is InChI=1S/C14H15N3O3S/c1-9-2-3-11(10(8-9)13(18)19)17-14(20)16-5-4-12-15-6-7-21-12/h2-3,6-8H,4-5H2,1H3,(H,18,19)(H2,16,17,20). The summed E-state index contributed by atoms with van der Waals surface area (Å²) in [6, 6.07) is 4.42. The molecule has 110 valence electrons. The normalized spacial score (nSPS) is 10.1. The van der Waals surface area contributed by atoms with E-state index in [2.05, 4.69) is 15.6 Å². The molecule has 0 aliphatic rings. The highest BCUT2D eigenvalue weighted by Crippen LogP contribution is 2.17. The van der Waals surface area contributed by atoms with Gasteiger partial charge in [-0.1, -0.05) is 11.6 Å². The number of aryl methyl sites for hydroxylation is 1. The van der Waals surface area contributed by atoms with E-state index in [4.69, 9.17) is 5.11 Å². The Morgan fingerprint density at radius 2 is 2.19 bits per heavy atom. The number of anilines is 1. The Morgan fingerprint density at radius 1 is 1.38 bits per heavy atom. The van der Waals surface area contributed by atoms with Gasteiger partial charge in [0, 0.05) is 24.5 Å². The summed E-state index contributed by atoms with van der Waals surface area (Å²) < 4.78 is 0. The lowest BCUT2D eigenvalue weighted by Gasteiger charge is -2.10. The second-order valence-corrected chi connectivity index (χ2v) is 5.39. The van der Waals surface area contributed by atoms with E-state index in [1.807, 2.05) is 5.38 Å². The Labute approximate surface area is 125 Å². The smallest absolute Gasteiger partial charge is 0.337 e. The van der Waals surface area contributed by atoms with Gasteiger partial charge in [-0.05, 0) is 19.1 Å². The fourth-order valence-electron chi connectivity index (χ4n) is 1.77. The van der Waals surface area contributed by atoms with Gasteiger partial charge in [0.05, 0.1) is 16.3 Å². The van der Waals surface area contributed by atoms with Gasteiger partial charge in [0.15, 0.2) is 0 Å². The van der Waals surface area contributed by atoms with E-state index in [1.54, 1.807) is 25.3 Å². The van der Waals surface area contributed by atoms with Gasteiger partial charge in [-0.3, -0.25) is 0 Å². The Hall–Kier alpha value is -2.41. The van der Waals surface area contributed by atoms with E-state index >= 15 is 0 Å². The molecule has 3 N–H and O–H groups in total. The summed E-state index contributed by atoms with van der Waals surface area (Å²) >= 11 is 1.53. The fraction of sp³-hybridized carbons (Fsp3) is 0.214. The molecule has 0 unspecified atom stereocenters. The highest BCUT2D eigenvalue weighted by Gasteiger charge is 2.12. The molecule has 1 heterocycles. The van der Waals surface area contributed by atoms with Crippen LogP contribution in [-0.2, 0) is 6.42 Å². The van der Waals surface area contributed by atoms with Crippen LogP contribution in [0.25, 0.3) is 0 Å². The minimum atomic E-state index is -1.07. The van der Waals surface area contributed by atoms with Crippen molar-refractivity contribution < 1.29 is 14.7 Å². The number of carboxylic acid groups (broad SMARTS) is 1. The molecular weight excluding hydrogens is 290 g/mol. The van der Waals surface area contributed by atoms with Crippen LogP contribution in [0, 0.1) is 6.92 Å². The molecule has 1 aromatic carbocycles. The van der Waals surface area contributed by atoms with Crippen molar-refractivity contribution in [1.29, 1.82) is 0 Å². The lowest BCUT2D eigenvalue weighted by molar-refractivity contribution is 0.0698. The van der Waals surface area contributed by atoms with Crippen molar-refractivity contribution in [3.8, 4) is 0 Å². The Balaban J connectivity index is 1.92. The van der Waals surface area contributed by atoms with Crippen LogP contribution in [0.3, 0.4) is 0 Å². The maximum atomic E-state index is 11.8. The molecule has 0 bridgehead atoms. The van der Waals surface area contributed by atoms with Crippen LogP contribution in [0.1, 0.15) is 20.9 Å². The monoisotopic (exact) mass is 305 g/mol. The summed E-state index contributed by atoms with van der Waals surface area (Å²) in [7, 11) is 0. The van der Waals surface area contributed by atoms with Crippen LogP contribution >= 0.6 is 11.3 Å². The van der Waals surface area contributed by atoms with Gasteiger partial charge >= 0.3 is 12.0 Å². The number of hydrogen-bond acceptors (Lipinski definition) is 4. The quantitative estimate of drug-likeness (QED) is 0.791. The largest absolute Gasteiger partial charge is 0.478 e. The molecule has 0 aliphatic heterocycles. The van der Waals surface area contributed by atoms with Gasteiger partial charge in [-0.2, -0.15) is 0 Å². The number of hydrogen-bond donors (Lipinski definition) is 3. The molecule has 0 aliphatic carbocycles. The molecular formula is C14H15N3O3S. The zero-order valence-corrected chi connectivity index (χ0v) is 12.2. The summed E-state index contributed by atoms with van der Waals surface area (Å²) in [5, 5.41) is 17.2. The van der Waals surface area contributed by atoms with Gasteiger partial charge in [0.25, 0.3) is 0 Å². The summed E-state index contributed by atoms with van der Waals surface area (Å²) in [5.74, 6) is -1.07. The summed E-state index contributed by atoms with van der Waals surface area (Å²) in [6.45, 7) is 2.23. The molecule has 0 fully saturated rings. The first-order chi connectivity index (χ1) is 10.1. The van der Waals surface area contributed by atoms with E-state index in [0.29, 0.717) is 13.0 Å². The molecule has 7 heteroatoms. The van der Waals surface area contributed by atoms with Gasteiger partial charge in [0.1, 0.15) is 0 Å². The predicted molar refractivity (Wildman–Crippen MR) is 81.0 cm³/mol. The average Bonchev–Trinajstić information content (AvgIpc) is 2.94. The Morgan fingerprint density at radius 3 is 2.86 bits per heavy atom. The maximum Gasteiger partial charge on any atom is 0.337 e. The van der Waals surface area contributed by atoms with Crippen LogP contribution in [-0.4, -0.2) is 28.6 Å². The molecule has 2 rings (SSSR count). The van der Waals surface area contributed by atoms with E-state index in [0.717, 1.165) is 10.6 Å². The molecule has 21 heavy (non-hydrogen) atoms. The molecule has 0 saturated heterocycles. The summed E-state index contributed by atoms with van der Waals surface area (Å²) in [6.07, 6.45) is 2.36. The van der Waals surface area contributed by atoms with Crippen LogP contribution in [0.4, 0.5) is 10.5 Å². The lowest BCUT2D eigenvalue weighted by Crippen LogP contribution is -2.31. The third kappa shape index (κ3) is 4.28. The van der Waals surface area contributed by atoms with Crippen molar-refractivity contribution >= 4 is 29.0 Å². The summed E-state index contributed by atoms with van der Waals surface area (Å²) in [4.78, 5) is 27.0. The van der Waals surface area contributed by atoms with Gasteiger partial charge in [-0.15, -0.1) is 11.3 Å². The van der Waals surface area contributed by atoms with E-state index in [9.17, 15) is 9.59 Å². The number of nitrogens with one attached hydrogen (secondary N) is 2. The number of urea groups is 1. The van der Waals surface area contributed by atoms with Gasteiger partial charge in [0.2, 0.25) is 0 Å². The second-order valence-electron chi connectivity index (χ2n) is 4.41. The Kier molecular flexibility index (Phi) is 4.89. The number of carbonyl (C=O) groups excluding carboxylic acids is 1. The number of carboxylic acids is 1. The van der Waals surface area contributed by atoms with E-state index in [1.165, 1.54) is 17.4 Å². The topological polar surface area (TPSA) is 91.3 Å². The number of aromatic nitrogens is 1. The van der Waals surface area contributed by atoms with Crippen molar-refractivity contribution in [1.82, 2.24) is 10.3 Å². The van der Waals surface area contributed by atoms with Crippen LogP contribution in [0.15, 0.2) is 29.8 Å². The molecule has 0 spiro atoms. The number of aromatic carboxylic acids is 1. The van der Waals surface area contributed by atoms with Gasteiger partial charge in [-0.25, -0.2) is 14.6 Å². The van der Waals surface area contributed by atoms with Gasteiger partial charge < -0.3 is 15.7 Å². The lowest BCUT2D eigenvalue weighted by atomic mass is 10.1. The first kappa shape index (κ1) is 15.0. The highest BCUT2D eigenvalue weighted by molar-refractivity contribution is 7.09. The molecule has 0 atom stereocenters. The minimum Gasteiger partial charge on any atom is -0.478 e. The number of amides is 2. The van der Waals surface area contributed by atoms with Crippen LogP contribution in [0.5, 0.6) is 0 Å². The fourth-order valence-corrected chi connectivity index (χ4v) is 2.39. The number of nitrogens with zero attached hydrogens (tertiary/aromatic N) is 1. The first-order valence-electron chi connectivity index (χ1n) is 6.33. The zero-order valence-electron chi connectivity index (χ0n) is 11.4. The molecule has 0 radical (unpaired) electrons. The zero-order chi connectivity index (χ0) is 15.2. The molecule has 0 saturated carbocycles. The second kappa shape index (κ2) is 6.85. The van der Waals surface area contributed by atoms with Crippen LogP contribution in [0.2, 0.25) is 0 Å². The van der Waals surface area contributed by atoms with Crippen molar-refractivity contribution in [2.45, 2.75) is 13.3 Å². The van der Waals surface area contributed by atoms with Crippen molar-refractivity contribution in [3.63, 3.8) is 0 Å². The minimum absolute atomic E-state index is 0.0741. The molecule has 1 aromatic heterocycles. The first-order valence-corrected chi connectivity index (χ1v) is 7.21.